The number of aryl methyl sites for hydroxylation is 3. The van der Waals surface area contributed by atoms with Crippen LogP contribution in [0.4, 0.5) is 5.69 Å². The topological polar surface area (TPSA) is 96.0 Å². The van der Waals surface area contributed by atoms with Crippen molar-refractivity contribution >= 4 is 27.5 Å². The van der Waals surface area contributed by atoms with Crippen molar-refractivity contribution in [3.63, 3.8) is 0 Å². The van der Waals surface area contributed by atoms with Crippen LogP contribution in [0.1, 0.15) is 48.1 Å². The molecule has 0 aliphatic rings. The average molecular weight is 656 g/mol. The van der Waals surface area contributed by atoms with Gasteiger partial charge in [0.1, 0.15) is 18.3 Å². The average Bonchev–Trinajstić information content (AvgIpc) is 3.06. The molecule has 248 valence electrons. The molecule has 2 amide bonds. The van der Waals surface area contributed by atoms with Crippen molar-refractivity contribution in [1.82, 2.24) is 10.2 Å². The van der Waals surface area contributed by atoms with Crippen molar-refractivity contribution in [3.05, 3.63) is 125 Å². The number of amides is 2. The number of hydrogen-bond donors (Lipinski definition) is 1. The van der Waals surface area contributed by atoms with E-state index >= 15 is 0 Å². The molecule has 0 spiro atoms. The molecule has 0 unspecified atom stereocenters. The van der Waals surface area contributed by atoms with Gasteiger partial charge in [-0.05, 0) is 81.1 Å². The molecule has 0 aliphatic carbocycles. The lowest BCUT2D eigenvalue weighted by Crippen LogP contribution is -2.54. The van der Waals surface area contributed by atoms with E-state index in [-0.39, 0.29) is 29.8 Å². The molecule has 1 N–H and O–H groups in total. The Bertz CT molecular complexity index is 1780. The van der Waals surface area contributed by atoms with Crippen LogP contribution in [0.25, 0.3) is 0 Å². The lowest BCUT2D eigenvalue weighted by molar-refractivity contribution is -0.140. The predicted molar refractivity (Wildman–Crippen MR) is 187 cm³/mol. The maximum atomic E-state index is 14.7. The minimum atomic E-state index is -4.18. The normalized spacial score (nSPS) is 12.6. The number of methoxy groups -OCH3 is 1. The molecule has 0 saturated carbocycles. The first-order valence-corrected chi connectivity index (χ1v) is 17.3. The van der Waals surface area contributed by atoms with Gasteiger partial charge in [0.15, 0.2) is 0 Å². The van der Waals surface area contributed by atoms with Crippen LogP contribution < -0.4 is 14.4 Å². The second kappa shape index (κ2) is 15.8. The maximum Gasteiger partial charge on any atom is 0.264 e. The van der Waals surface area contributed by atoms with Crippen molar-refractivity contribution in [3.8, 4) is 5.75 Å². The van der Waals surface area contributed by atoms with Gasteiger partial charge in [-0.2, -0.15) is 0 Å². The van der Waals surface area contributed by atoms with Gasteiger partial charge in [-0.3, -0.25) is 13.9 Å². The highest BCUT2D eigenvalue weighted by atomic mass is 32.2. The number of ether oxygens (including phenoxy) is 1. The molecule has 4 aromatic carbocycles. The molecule has 0 radical (unpaired) electrons. The van der Waals surface area contributed by atoms with Gasteiger partial charge in [-0.1, -0.05) is 84.8 Å². The number of nitrogens with zero attached hydrogens (tertiary/aromatic N) is 2. The number of benzene rings is 4. The third kappa shape index (κ3) is 9.01. The third-order valence-electron chi connectivity index (χ3n) is 8.27. The first-order chi connectivity index (χ1) is 22.4. The molecule has 0 aromatic heterocycles. The van der Waals surface area contributed by atoms with Gasteiger partial charge < -0.3 is 15.0 Å². The summed E-state index contributed by atoms with van der Waals surface area (Å²) in [5.74, 6) is -0.208. The highest BCUT2D eigenvalue weighted by Crippen LogP contribution is 2.29. The molecule has 0 bridgehead atoms. The van der Waals surface area contributed by atoms with Crippen LogP contribution >= 0.6 is 0 Å². The van der Waals surface area contributed by atoms with Gasteiger partial charge >= 0.3 is 0 Å². The van der Waals surface area contributed by atoms with Crippen molar-refractivity contribution in [2.75, 3.05) is 18.0 Å². The lowest BCUT2D eigenvalue weighted by Gasteiger charge is -2.34. The van der Waals surface area contributed by atoms with Gasteiger partial charge in [0.2, 0.25) is 11.8 Å². The summed E-state index contributed by atoms with van der Waals surface area (Å²) in [6.45, 7) is 9.10. The quantitative estimate of drug-likeness (QED) is 0.170. The standard InChI is InChI=1S/C38H45N3O5S/c1-7-30(5)39-38(43)36(24-31-12-9-8-10-13-31)40(25-32-14-11-15-33(23-32)46-6)37(42)26-41(35-21-18-28(3)22-29(35)4)47(44,45)34-19-16-27(2)17-20-34/h8-23,30,36H,7,24-26H2,1-6H3,(H,39,43)/t30-,36+/m0/s1. The monoisotopic (exact) mass is 655 g/mol. The second-order valence-electron chi connectivity index (χ2n) is 12.0. The van der Waals surface area contributed by atoms with Gasteiger partial charge in [-0.25, -0.2) is 8.42 Å². The fraction of sp³-hybridized carbons (Fsp3) is 0.316. The SMILES string of the molecule is CC[C@H](C)NC(=O)[C@@H](Cc1ccccc1)N(Cc1cccc(OC)c1)C(=O)CN(c1ccc(C)cc1C)S(=O)(=O)c1ccc(C)cc1. The number of sulfonamides is 1. The zero-order valence-corrected chi connectivity index (χ0v) is 28.9. The van der Waals surface area contributed by atoms with Crippen LogP contribution in [0.15, 0.2) is 102 Å². The Morgan fingerprint density at radius 1 is 0.830 bits per heavy atom. The zero-order chi connectivity index (χ0) is 34.1. The summed E-state index contributed by atoms with van der Waals surface area (Å²) in [6, 6.07) is 27.8. The Morgan fingerprint density at radius 2 is 1.49 bits per heavy atom. The smallest absolute Gasteiger partial charge is 0.264 e. The van der Waals surface area contributed by atoms with E-state index in [4.69, 9.17) is 4.74 Å². The van der Waals surface area contributed by atoms with Crippen LogP contribution in [0.3, 0.4) is 0 Å². The Morgan fingerprint density at radius 3 is 2.13 bits per heavy atom. The number of anilines is 1. The van der Waals surface area contributed by atoms with Crippen molar-refractivity contribution in [2.45, 2.75) is 71.0 Å². The Labute approximate surface area is 279 Å². The number of rotatable bonds is 14. The highest BCUT2D eigenvalue weighted by Gasteiger charge is 2.35. The first kappa shape index (κ1) is 35.2. The Balaban J connectivity index is 1.84. The minimum Gasteiger partial charge on any atom is -0.497 e. The largest absolute Gasteiger partial charge is 0.497 e. The van der Waals surface area contributed by atoms with E-state index in [9.17, 15) is 18.0 Å². The highest BCUT2D eigenvalue weighted by molar-refractivity contribution is 7.92. The summed E-state index contributed by atoms with van der Waals surface area (Å²) in [5, 5.41) is 3.07. The molecule has 0 fully saturated rings. The van der Waals surface area contributed by atoms with Crippen LogP contribution in [0, 0.1) is 20.8 Å². The summed E-state index contributed by atoms with van der Waals surface area (Å²) < 4.78 is 35.3. The van der Waals surface area contributed by atoms with E-state index < -0.39 is 28.5 Å². The Kier molecular flexibility index (Phi) is 11.8. The third-order valence-corrected chi connectivity index (χ3v) is 10.0. The molecule has 0 aliphatic heterocycles. The van der Waals surface area contributed by atoms with Gasteiger partial charge in [-0.15, -0.1) is 0 Å². The predicted octanol–water partition coefficient (Wildman–Crippen LogP) is 6.37. The number of nitrogens with one attached hydrogen (secondary N) is 1. The molecular weight excluding hydrogens is 611 g/mol. The molecule has 47 heavy (non-hydrogen) atoms. The molecule has 0 heterocycles. The van der Waals surface area contributed by atoms with Gasteiger partial charge in [0, 0.05) is 19.0 Å². The minimum absolute atomic E-state index is 0.0623. The molecule has 4 aromatic rings. The fourth-order valence-corrected chi connectivity index (χ4v) is 6.88. The summed E-state index contributed by atoms with van der Waals surface area (Å²) in [6.07, 6.45) is 0.954. The van der Waals surface area contributed by atoms with E-state index in [1.807, 2.05) is 101 Å². The summed E-state index contributed by atoms with van der Waals surface area (Å²) in [5.41, 5.74) is 4.61. The van der Waals surface area contributed by atoms with E-state index in [1.165, 1.54) is 9.21 Å². The summed E-state index contributed by atoms with van der Waals surface area (Å²) in [7, 11) is -2.61. The Hall–Kier alpha value is -4.63. The van der Waals surface area contributed by atoms with Crippen LogP contribution in [0.2, 0.25) is 0 Å². The van der Waals surface area contributed by atoms with Gasteiger partial charge in [0.25, 0.3) is 10.0 Å². The maximum absolute atomic E-state index is 14.7. The molecule has 8 nitrogen and oxygen atoms in total. The molecule has 4 rings (SSSR count). The summed E-state index contributed by atoms with van der Waals surface area (Å²) >= 11 is 0. The number of carbonyl (C=O) groups is 2. The summed E-state index contributed by atoms with van der Waals surface area (Å²) in [4.78, 5) is 30.3. The van der Waals surface area contributed by atoms with Crippen molar-refractivity contribution in [2.24, 2.45) is 0 Å². The van der Waals surface area contributed by atoms with E-state index in [0.29, 0.717) is 23.4 Å². The van der Waals surface area contributed by atoms with Crippen molar-refractivity contribution in [1.29, 1.82) is 0 Å². The molecule has 9 heteroatoms. The first-order valence-electron chi connectivity index (χ1n) is 15.9. The molecular formula is C38H45N3O5S. The second-order valence-corrected chi connectivity index (χ2v) is 13.9. The van der Waals surface area contributed by atoms with E-state index in [2.05, 4.69) is 5.32 Å². The van der Waals surface area contributed by atoms with E-state index in [0.717, 1.165) is 22.3 Å². The zero-order valence-electron chi connectivity index (χ0n) is 28.1. The van der Waals surface area contributed by atoms with E-state index in [1.54, 1.807) is 37.4 Å². The lowest BCUT2D eigenvalue weighted by atomic mass is 10.0. The molecule has 2 atom stereocenters. The molecule has 0 saturated heterocycles. The van der Waals surface area contributed by atoms with Gasteiger partial charge in [0.05, 0.1) is 17.7 Å². The number of hydrogen-bond acceptors (Lipinski definition) is 5. The van der Waals surface area contributed by atoms with Crippen LogP contribution in [-0.2, 0) is 32.6 Å². The van der Waals surface area contributed by atoms with Crippen LogP contribution in [-0.4, -0.2) is 50.9 Å². The fourth-order valence-electron chi connectivity index (χ4n) is 5.40. The van der Waals surface area contributed by atoms with Crippen molar-refractivity contribution < 1.29 is 22.7 Å². The number of carbonyl (C=O) groups excluding carboxylic acids is 2. The van der Waals surface area contributed by atoms with Crippen LogP contribution in [0.5, 0.6) is 5.75 Å².